The molecule has 6 nitrogen and oxygen atoms in total. The maximum atomic E-state index is 13.5. The number of rotatable bonds is 6. The highest BCUT2D eigenvalue weighted by molar-refractivity contribution is 6.30. The summed E-state index contributed by atoms with van der Waals surface area (Å²) in [5.74, 6) is 0.614. The van der Waals surface area contributed by atoms with Gasteiger partial charge in [-0.2, -0.15) is 13.2 Å². The van der Waals surface area contributed by atoms with E-state index in [2.05, 4.69) is 10.3 Å². The molecule has 2 heterocycles. The Kier molecular flexibility index (Phi) is 7.38. The van der Waals surface area contributed by atoms with Gasteiger partial charge in [0.1, 0.15) is 11.9 Å². The SMILES string of the molecule is O=C(Nc1ccc(Cl)cc1)O[C@@H](CN1CCC[C@H](Oc2ccncc2)C1)C(F)(F)F. The summed E-state index contributed by atoms with van der Waals surface area (Å²) in [5, 5.41) is 2.72. The molecule has 0 radical (unpaired) electrons. The van der Waals surface area contributed by atoms with E-state index in [4.69, 9.17) is 21.1 Å². The van der Waals surface area contributed by atoms with Crippen LogP contribution in [-0.2, 0) is 4.74 Å². The highest BCUT2D eigenvalue weighted by atomic mass is 35.5. The number of amides is 1. The Labute approximate surface area is 176 Å². The summed E-state index contributed by atoms with van der Waals surface area (Å²) < 4.78 is 51.0. The minimum absolute atomic E-state index is 0.252. The van der Waals surface area contributed by atoms with Gasteiger partial charge in [0.2, 0.25) is 6.10 Å². The smallest absolute Gasteiger partial charge is 0.426 e. The van der Waals surface area contributed by atoms with Crippen molar-refractivity contribution in [3.05, 3.63) is 53.8 Å². The number of halogens is 4. The van der Waals surface area contributed by atoms with Crippen LogP contribution in [0.3, 0.4) is 0 Å². The topological polar surface area (TPSA) is 63.7 Å². The monoisotopic (exact) mass is 443 g/mol. The summed E-state index contributed by atoms with van der Waals surface area (Å²) in [6.07, 6.45) is -3.81. The molecule has 0 saturated carbocycles. The van der Waals surface area contributed by atoms with Crippen LogP contribution >= 0.6 is 11.6 Å². The zero-order chi connectivity index (χ0) is 21.6. The molecule has 0 spiro atoms. The second-order valence-corrected chi connectivity index (χ2v) is 7.33. The van der Waals surface area contributed by atoms with Crippen molar-refractivity contribution in [2.45, 2.75) is 31.2 Å². The van der Waals surface area contributed by atoms with Crippen molar-refractivity contribution in [3.8, 4) is 5.75 Å². The van der Waals surface area contributed by atoms with Crippen LogP contribution in [0.4, 0.5) is 23.7 Å². The van der Waals surface area contributed by atoms with Crippen molar-refractivity contribution in [2.75, 3.05) is 25.0 Å². The molecule has 1 amide bonds. The van der Waals surface area contributed by atoms with Gasteiger partial charge in [-0.3, -0.25) is 15.2 Å². The molecule has 3 rings (SSSR count). The number of likely N-dealkylation sites (tertiary alicyclic amines) is 1. The first-order valence-electron chi connectivity index (χ1n) is 9.38. The van der Waals surface area contributed by atoms with Gasteiger partial charge in [-0.05, 0) is 55.8 Å². The number of alkyl halides is 3. The Hall–Kier alpha value is -2.52. The fourth-order valence-corrected chi connectivity index (χ4v) is 3.26. The molecule has 1 aliphatic rings. The third-order valence-corrected chi connectivity index (χ3v) is 4.80. The van der Waals surface area contributed by atoms with E-state index in [-0.39, 0.29) is 11.8 Å². The first-order chi connectivity index (χ1) is 14.3. The lowest BCUT2D eigenvalue weighted by atomic mass is 10.1. The van der Waals surface area contributed by atoms with Gasteiger partial charge < -0.3 is 9.47 Å². The number of benzene rings is 1. The molecule has 2 atom stereocenters. The molecule has 1 fully saturated rings. The lowest BCUT2D eigenvalue weighted by molar-refractivity contribution is -0.207. The summed E-state index contributed by atoms with van der Waals surface area (Å²) in [6.45, 7) is 0.301. The number of hydrogen-bond donors (Lipinski definition) is 1. The summed E-state index contributed by atoms with van der Waals surface area (Å²) >= 11 is 5.75. The van der Waals surface area contributed by atoms with Crippen molar-refractivity contribution in [1.29, 1.82) is 0 Å². The molecule has 0 aliphatic carbocycles. The second-order valence-electron chi connectivity index (χ2n) is 6.89. The third-order valence-electron chi connectivity index (χ3n) is 4.54. The lowest BCUT2D eigenvalue weighted by Crippen LogP contribution is -2.49. The Balaban J connectivity index is 1.57. The number of nitrogens with one attached hydrogen (secondary N) is 1. The van der Waals surface area contributed by atoms with Crippen LogP contribution in [-0.4, -0.2) is 54.0 Å². The fraction of sp³-hybridized carbons (Fsp3) is 0.400. The van der Waals surface area contributed by atoms with E-state index in [0.29, 0.717) is 30.3 Å². The van der Waals surface area contributed by atoms with Gasteiger partial charge in [0.25, 0.3) is 0 Å². The number of pyridine rings is 1. The van der Waals surface area contributed by atoms with Crippen LogP contribution in [0.15, 0.2) is 48.8 Å². The fourth-order valence-electron chi connectivity index (χ4n) is 3.14. The van der Waals surface area contributed by atoms with Crippen molar-refractivity contribution in [3.63, 3.8) is 0 Å². The molecule has 0 bridgehead atoms. The summed E-state index contributed by atoms with van der Waals surface area (Å²) in [4.78, 5) is 17.5. The van der Waals surface area contributed by atoms with E-state index in [1.165, 1.54) is 24.3 Å². The Morgan fingerprint density at radius 3 is 2.60 bits per heavy atom. The molecule has 1 aromatic heterocycles. The molecule has 162 valence electrons. The number of carbonyl (C=O) groups is 1. The molecular weight excluding hydrogens is 423 g/mol. The normalized spacial score (nSPS) is 18.5. The molecule has 30 heavy (non-hydrogen) atoms. The summed E-state index contributed by atoms with van der Waals surface area (Å²) in [5.41, 5.74) is 0.286. The van der Waals surface area contributed by atoms with Crippen LogP contribution in [0, 0.1) is 0 Å². The maximum Gasteiger partial charge on any atom is 0.426 e. The molecule has 1 aromatic carbocycles. The van der Waals surface area contributed by atoms with Crippen LogP contribution in [0.5, 0.6) is 5.75 Å². The van der Waals surface area contributed by atoms with E-state index in [9.17, 15) is 18.0 Å². The largest absolute Gasteiger partial charge is 0.489 e. The lowest BCUT2D eigenvalue weighted by Gasteiger charge is -2.35. The Morgan fingerprint density at radius 1 is 1.23 bits per heavy atom. The van der Waals surface area contributed by atoms with Crippen LogP contribution in [0.25, 0.3) is 0 Å². The quantitative estimate of drug-likeness (QED) is 0.697. The van der Waals surface area contributed by atoms with Gasteiger partial charge in [-0.15, -0.1) is 0 Å². The second kappa shape index (κ2) is 9.99. The van der Waals surface area contributed by atoms with Crippen molar-refractivity contribution in [1.82, 2.24) is 9.88 Å². The van der Waals surface area contributed by atoms with Gasteiger partial charge in [0.15, 0.2) is 0 Å². The van der Waals surface area contributed by atoms with Crippen molar-refractivity contribution in [2.24, 2.45) is 0 Å². The van der Waals surface area contributed by atoms with Crippen LogP contribution in [0.1, 0.15) is 12.8 Å². The van der Waals surface area contributed by atoms with Gasteiger partial charge in [-0.25, -0.2) is 4.79 Å². The van der Waals surface area contributed by atoms with E-state index < -0.39 is 24.9 Å². The number of anilines is 1. The Morgan fingerprint density at radius 2 is 1.93 bits per heavy atom. The zero-order valence-corrected chi connectivity index (χ0v) is 16.7. The van der Waals surface area contributed by atoms with Crippen LogP contribution in [0.2, 0.25) is 5.02 Å². The number of aromatic nitrogens is 1. The maximum absolute atomic E-state index is 13.5. The molecular formula is C20H21ClF3N3O3. The first-order valence-corrected chi connectivity index (χ1v) is 9.76. The van der Waals surface area contributed by atoms with E-state index in [0.717, 1.165) is 6.42 Å². The zero-order valence-electron chi connectivity index (χ0n) is 15.9. The van der Waals surface area contributed by atoms with Gasteiger partial charge in [-0.1, -0.05) is 11.6 Å². The number of piperidine rings is 1. The number of hydrogen-bond acceptors (Lipinski definition) is 5. The number of nitrogens with zero attached hydrogens (tertiary/aromatic N) is 2. The van der Waals surface area contributed by atoms with E-state index in [1.54, 1.807) is 29.4 Å². The van der Waals surface area contributed by atoms with E-state index in [1.807, 2.05) is 0 Å². The minimum atomic E-state index is -4.70. The summed E-state index contributed by atoms with van der Waals surface area (Å²) in [7, 11) is 0. The predicted octanol–water partition coefficient (Wildman–Crippen LogP) is 4.76. The van der Waals surface area contributed by atoms with Gasteiger partial charge in [0, 0.05) is 36.2 Å². The van der Waals surface area contributed by atoms with Gasteiger partial charge >= 0.3 is 12.3 Å². The highest BCUT2D eigenvalue weighted by Crippen LogP contribution is 2.26. The standard InChI is InChI=1S/C20H21ClF3N3O3/c21-14-3-5-15(6-4-14)26-19(28)30-18(20(22,23)24)13-27-11-1-2-17(12-27)29-16-7-9-25-10-8-16/h3-10,17-18H,1-2,11-13H2,(H,26,28)/t17-,18-/m0/s1. The first kappa shape index (κ1) is 22.2. The molecule has 0 unspecified atom stereocenters. The van der Waals surface area contributed by atoms with Crippen molar-refractivity contribution >= 4 is 23.4 Å². The minimum Gasteiger partial charge on any atom is -0.489 e. The Bertz CT molecular complexity index is 822. The number of carbonyl (C=O) groups excluding carboxylic acids is 1. The predicted molar refractivity (Wildman–Crippen MR) is 106 cm³/mol. The van der Waals surface area contributed by atoms with Gasteiger partial charge in [0.05, 0.1) is 0 Å². The van der Waals surface area contributed by atoms with E-state index >= 15 is 0 Å². The van der Waals surface area contributed by atoms with Crippen molar-refractivity contribution < 1.29 is 27.4 Å². The molecule has 2 aromatic rings. The molecule has 10 heteroatoms. The van der Waals surface area contributed by atoms with Crippen LogP contribution < -0.4 is 10.1 Å². The molecule has 1 N–H and O–H groups in total. The average molecular weight is 444 g/mol. The summed E-state index contributed by atoms with van der Waals surface area (Å²) in [6, 6.07) is 9.35. The highest BCUT2D eigenvalue weighted by Gasteiger charge is 2.44. The molecule has 1 saturated heterocycles. The average Bonchev–Trinajstić information content (AvgIpc) is 2.70. The molecule has 1 aliphatic heterocycles. The third kappa shape index (κ3) is 6.77. The number of ether oxygens (including phenoxy) is 2.